The van der Waals surface area contributed by atoms with Crippen LogP contribution in [-0.2, 0) is 16.1 Å². The number of hydrogen-bond donors (Lipinski definition) is 2. The number of benzene rings is 1. The molecule has 5 nitrogen and oxygen atoms in total. The molecule has 1 heterocycles. The number of ether oxygens (including phenoxy) is 1. The highest BCUT2D eigenvalue weighted by Crippen LogP contribution is 2.18. The van der Waals surface area contributed by atoms with Crippen LogP contribution in [0, 0.1) is 0 Å². The van der Waals surface area contributed by atoms with Crippen molar-refractivity contribution in [1.29, 1.82) is 0 Å². The van der Waals surface area contributed by atoms with Crippen molar-refractivity contribution in [3.63, 3.8) is 0 Å². The van der Waals surface area contributed by atoms with Crippen molar-refractivity contribution >= 4 is 5.91 Å². The van der Waals surface area contributed by atoms with Gasteiger partial charge in [-0.15, -0.1) is 0 Å². The van der Waals surface area contributed by atoms with E-state index in [9.17, 15) is 4.79 Å². The lowest BCUT2D eigenvalue weighted by Gasteiger charge is -2.17. The quantitative estimate of drug-likeness (QED) is 0.707. The fourth-order valence-electron chi connectivity index (χ4n) is 2.72. The maximum absolute atomic E-state index is 12.0. The molecule has 2 atom stereocenters. The fraction of sp³-hybridized carbons (Fsp3) is 0.588. The summed E-state index contributed by atoms with van der Waals surface area (Å²) < 4.78 is 5.58. The minimum absolute atomic E-state index is 0.00154. The Labute approximate surface area is 132 Å². The summed E-state index contributed by atoms with van der Waals surface area (Å²) in [5, 5.41) is 2.96. The van der Waals surface area contributed by atoms with Gasteiger partial charge in [0.25, 0.3) is 0 Å². The molecule has 0 aromatic heterocycles. The molecule has 1 aromatic carbocycles. The van der Waals surface area contributed by atoms with Gasteiger partial charge in [0.2, 0.25) is 5.91 Å². The van der Waals surface area contributed by atoms with Crippen molar-refractivity contribution in [2.24, 2.45) is 5.73 Å². The lowest BCUT2D eigenvalue weighted by molar-refractivity contribution is -0.131. The Hall–Kier alpha value is -1.43. The van der Waals surface area contributed by atoms with E-state index in [4.69, 9.17) is 10.5 Å². The van der Waals surface area contributed by atoms with Gasteiger partial charge < -0.3 is 20.7 Å². The SMILES string of the molecule is CN(CCCNC(=O)[C@@H]1CC[C@H](CN)O1)Cc1ccccc1. The summed E-state index contributed by atoms with van der Waals surface area (Å²) in [7, 11) is 2.10. The van der Waals surface area contributed by atoms with Gasteiger partial charge in [-0.1, -0.05) is 30.3 Å². The number of rotatable bonds is 8. The minimum Gasteiger partial charge on any atom is -0.364 e. The Morgan fingerprint density at radius 3 is 2.82 bits per heavy atom. The van der Waals surface area contributed by atoms with Crippen LogP contribution in [0.4, 0.5) is 0 Å². The van der Waals surface area contributed by atoms with Crippen LogP contribution < -0.4 is 11.1 Å². The molecule has 1 saturated heterocycles. The third-order valence-electron chi connectivity index (χ3n) is 3.97. The van der Waals surface area contributed by atoms with E-state index in [0.29, 0.717) is 13.1 Å². The smallest absolute Gasteiger partial charge is 0.249 e. The molecule has 0 spiro atoms. The Balaban J connectivity index is 1.58. The first-order chi connectivity index (χ1) is 10.7. The van der Waals surface area contributed by atoms with Crippen molar-refractivity contribution < 1.29 is 9.53 Å². The van der Waals surface area contributed by atoms with E-state index in [2.05, 4.69) is 41.5 Å². The number of nitrogens with two attached hydrogens (primary N) is 1. The predicted molar refractivity (Wildman–Crippen MR) is 87.4 cm³/mol. The third-order valence-corrected chi connectivity index (χ3v) is 3.97. The Morgan fingerprint density at radius 2 is 2.14 bits per heavy atom. The molecule has 1 amide bonds. The number of amides is 1. The summed E-state index contributed by atoms with van der Waals surface area (Å²) in [5.74, 6) is 0.00154. The summed E-state index contributed by atoms with van der Waals surface area (Å²) in [5.41, 5.74) is 6.86. The topological polar surface area (TPSA) is 67.6 Å². The summed E-state index contributed by atoms with van der Waals surface area (Å²) in [6.07, 6.45) is 2.33. The molecule has 5 heteroatoms. The van der Waals surface area contributed by atoms with Crippen LogP contribution in [0.5, 0.6) is 0 Å². The molecular weight excluding hydrogens is 278 g/mol. The number of nitrogens with zero attached hydrogens (tertiary/aromatic N) is 1. The van der Waals surface area contributed by atoms with E-state index in [1.54, 1.807) is 0 Å². The normalized spacial score (nSPS) is 21.2. The molecular formula is C17H27N3O2. The second-order valence-corrected chi connectivity index (χ2v) is 5.93. The van der Waals surface area contributed by atoms with Crippen LogP contribution in [0.2, 0.25) is 0 Å². The van der Waals surface area contributed by atoms with E-state index in [1.165, 1.54) is 5.56 Å². The number of carbonyl (C=O) groups is 1. The average molecular weight is 305 g/mol. The highest BCUT2D eigenvalue weighted by Gasteiger charge is 2.29. The van der Waals surface area contributed by atoms with Gasteiger partial charge in [-0.3, -0.25) is 4.79 Å². The molecule has 1 aliphatic heterocycles. The van der Waals surface area contributed by atoms with Gasteiger partial charge in [0.15, 0.2) is 0 Å². The lowest BCUT2D eigenvalue weighted by Crippen LogP contribution is -2.36. The molecule has 0 unspecified atom stereocenters. The zero-order valence-electron chi connectivity index (χ0n) is 13.3. The first kappa shape index (κ1) is 16.9. The number of nitrogens with one attached hydrogen (secondary N) is 1. The Kier molecular flexibility index (Phi) is 6.83. The van der Waals surface area contributed by atoms with Crippen molar-refractivity contribution in [3.8, 4) is 0 Å². The second-order valence-electron chi connectivity index (χ2n) is 5.93. The van der Waals surface area contributed by atoms with Crippen LogP contribution in [0.3, 0.4) is 0 Å². The largest absolute Gasteiger partial charge is 0.364 e. The zero-order chi connectivity index (χ0) is 15.8. The monoisotopic (exact) mass is 305 g/mol. The van der Waals surface area contributed by atoms with Crippen LogP contribution in [0.1, 0.15) is 24.8 Å². The van der Waals surface area contributed by atoms with Gasteiger partial charge in [0, 0.05) is 19.6 Å². The van der Waals surface area contributed by atoms with Crippen molar-refractivity contribution in [2.75, 3.05) is 26.7 Å². The van der Waals surface area contributed by atoms with Crippen LogP contribution in [0.15, 0.2) is 30.3 Å². The molecule has 2 rings (SSSR count). The van der Waals surface area contributed by atoms with Gasteiger partial charge in [-0.05, 0) is 38.4 Å². The Bertz CT molecular complexity index is 452. The van der Waals surface area contributed by atoms with Gasteiger partial charge in [0.1, 0.15) is 6.10 Å². The number of hydrogen-bond acceptors (Lipinski definition) is 4. The van der Waals surface area contributed by atoms with Gasteiger partial charge >= 0.3 is 0 Å². The lowest BCUT2D eigenvalue weighted by atomic mass is 10.2. The second kappa shape index (κ2) is 8.88. The van der Waals surface area contributed by atoms with E-state index in [-0.39, 0.29) is 18.1 Å². The third kappa shape index (κ3) is 5.40. The molecule has 1 fully saturated rings. The maximum Gasteiger partial charge on any atom is 0.249 e. The molecule has 122 valence electrons. The van der Waals surface area contributed by atoms with Crippen molar-refractivity contribution in [2.45, 2.75) is 38.0 Å². The van der Waals surface area contributed by atoms with Gasteiger partial charge in [0.05, 0.1) is 6.10 Å². The molecule has 1 aromatic rings. The predicted octanol–water partition coefficient (Wildman–Crippen LogP) is 1.13. The van der Waals surface area contributed by atoms with Crippen molar-refractivity contribution in [3.05, 3.63) is 35.9 Å². The van der Waals surface area contributed by atoms with E-state index in [0.717, 1.165) is 32.4 Å². The minimum atomic E-state index is -0.310. The standard InChI is InChI=1S/C17H27N3O2/c1-20(13-14-6-3-2-4-7-14)11-5-10-19-17(21)16-9-8-15(12-18)22-16/h2-4,6-7,15-16H,5,8-13,18H2,1H3,(H,19,21)/t15-,16+/m1/s1. The molecule has 0 aliphatic carbocycles. The van der Waals surface area contributed by atoms with Crippen LogP contribution >= 0.6 is 0 Å². The molecule has 22 heavy (non-hydrogen) atoms. The van der Waals surface area contributed by atoms with Crippen molar-refractivity contribution in [1.82, 2.24) is 10.2 Å². The van der Waals surface area contributed by atoms with Crippen LogP contribution in [0.25, 0.3) is 0 Å². The molecule has 0 saturated carbocycles. The van der Waals surface area contributed by atoms with Gasteiger partial charge in [-0.25, -0.2) is 0 Å². The maximum atomic E-state index is 12.0. The molecule has 0 radical (unpaired) electrons. The van der Waals surface area contributed by atoms with E-state index < -0.39 is 0 Å². The molecule has 1 aliphatic rings. The summed E-state index contributed by atoms with van der Waals surface area (Å²) in [6, 6.07) is 10.4. The molecule has 3 N–H and O–H groups in total. The first-order valence-electron chi connectivity index (χ1n) is 8.04. The highest BCUT2D eigenvalue weighted by molar-refractivity contribution is 5.80. The summed E-state index contributed by atoms with van der Waals surface area (Å²) >= 11 is 0. The highest BCUT2D eigenvalue weighted by atomic mass is 16.5. The van der Waals surface area contributed by atoms with Crippen LogP contribution in [-0.4, -0.2) is 49.7 Å². The summed E-state index contributed by atoms with van der Waals surface area (Å²) in [4.78, 5) is 14.2. The first-order valence-corrected chi connectivity index (χ1v) is 8.04. The number of carbonyl (C=O) groups excluding carboxylic acids is 1. The van der Waals surface area contributed by atoms with Gasteiger partial charge in [-0.2, -0.15) is 0 Å². The average Bonchev–Trinajstić information content (AvgIpc) is 3.01. The fourth-order valence-corrected chi connectivity index (χ4v) is 2.72. The van der Waals surface area contributed by atoms with E-state index in [1.807, 2.05) is 6.07 Å². The summed E-state index contributed by atoms with van der Waals surface area (Å²) in [6.45, 7) is 3.06. The molecule has 0 bridgehead atoms. The zero-order valence-corrected chi connectivity index (χ0v) is 13.3. The Morgan fingerprint density at radius 1 is 1.36 bits per heavy atom. The van der Waals surface area contributed by atoms with E-state index >= 15 is 0 Å².